The molecule has 0 amide bonds. The summed E-state index contributed by atoms with van der Waals surface area (Å²) in [6.45, 7) is 6.88. The fourth-order valence-corrected chi connectivity index (χ4v) is 7.02. The Morgan fingerprint density at radius 2 is 1.24 bits per heavy atom. The van der Waals surface area contributed by atoms with Gasteiger partial charge in [-0.05, 0) is 70.6 Å². The Labute approximate surface area is 246 Å². The molecule has 0 radical (unpaired) electrons. The minimum Gasteiger partial charge on any atom is -0.456 e. The molecule has 0 aliphatic heterocycles. The Morgan fingerprint density at radius 3 is 2.02 bits per heavy atom. The number of hydrogen-bond donors (Lipinski definition) is 0. The number of para-hydroxylation sites is 2. The van der Waals surface area contributed by atoms with Gasteiger partial charge in [-0.2, -0.15) is 0 Å². The lowest BCUT2D eigenvalue weighted by Crippen LogP contribution is -2.16. The summed E-state index contributed by atoms with van der Waals surface area (Å²) in [5.74, 6) is 0. The zero-order valence-electron chi connectivity index (χ0n) is 24.1. The first kappa shape index (κ1) is 24.7. The SMILES string of the molecule is Cc1ccccc1-c1ccc(N(c2ccccc2)c2cc3oc4ccccc4c3c3c2-c2ccccc2C3(C)C)cc1. The van der Waals surface area contributed by atoms with Crippen molar-refractivity contribution in [2.24, 2.45) is 0 Å². The van der Waals surface area contributed by atoms with E-state index in [9.17, 15) is 0 Å². The van der Waals surface area contributed by atoms with Crippen molar-refractivity contribution in [2.45, 2.75) is 26.2 Å². The average Bonchev–Trinajstić information content (AvgIpc) is 3.50. The maximum atomic E-state index is 6.60. The number of fused-ring (bicyclic) bond motifs is 7. The number of hydrogen-bond acceptors (Lipinski definition) is 2. The van der Waals surface area contributed by atoms with Crippen molar-refractivity contribution in [1.29, 1.82) is 0 Å². The van der Waals surface area contributed by atoms with E-state index in [1.54, 1.807) is 0 Å². The van der Waals surface area contributed by atoms with Crippen molar-refractivity contribution in [3.63, 3.8) is 0 Å². The molecule has 0 saturated carbocycles. The fourth-order valence-electron chi connectivity index (χ4n) is 7.02. The van der Waals surface area contributed by atoms with E-state index < -0.39 is 0 Å². The standard InChI is InChI=1S/C40H31NO/c1-26-13-7-8-16-30(26)27-21-23-29(24-22-27)41(28-14-5-4-6-15-28)34-25-36-38(32-18-10-12-20-35(32)42-36)39-37(34)31-17-9-11-19-33(31)40(39,2)3/h4-25H,1-3H3. The molecule has 0 atom stereocenters. The van der Waals surface area contributed by atoms with Gasteiger partial charge in [-0.25, -0.2) is 0 Å². The van der Waals surface area contributed by atoms with Gasteiger partial charge in [-0.15, -0.1) is 0 Å². The van der Waals surface area contributed by atoms with Gasteiger partial charge in [-0.3, -0.25) is 0 Å². The van der Waals surface area contributed by atoms with Crippen LogP contribution in [0.3, 0.4) is 0 Å². The van der Waals surface area contributed by atoms with E-state index in [4.69, 9.17) is 4.42 Å². The zero-order valence-corrected chi connectivity index (χ0v) is 24.1. The number of benzene rings is 6. The summed E-state index contributed by atoms with van der Waals surface area (Å²) < 4.78 is 6.60. The summed E-state index contributed by atoms with van der Waals surface area (Å²) in [5, 5.41) is 2.39. The third kappa shape index (κ3) is 3.58. The highest BCUT2D eigenvalue weighted by atomic mass is 16.3. The van der Waals surface area contributed by atoms with Gasteiger partial charge in [0.1, 0.15) is 11.2 Å². The van der Waals surface area contributed by atoms with Gasteiger partial charge in [0.05, 0.1) is 5.69 Å². The highest BCUT2D eigenvalue weighted by Gasteiger charge is 2.40. The summed E-state index contributed by atoms with van der Waals surface area (Å²) in [7, 11) is 0. The van der Waals surface area contributed by atoms with Gasteiger partial charge >= 0.3 is 0 Å². The number of furan rings is 1. The van der Waals surface area contributed by atoms with Crippen LogP contribution >= 0.6 is 0 Å². The molecule has 0 saturated heterocycles. The highest BCUT2D eigenvalue weighted by molar-refractivity contribution is 6.14. The first-order chi connectivity index (χ1) is 20.5. The predicted octanol–water partition coefficient (Wildman–Crippen LogP) is 11.3. The topological polar surface area (TPSA) is 16.4 Å². The van der Waals surface area contributed by atoms with Gasteiger partial charge in [-0.1, -0.05) is 111 Å². The van der Waals surface area contributed by atoms with E-state index >= 15 is 0 Å². The van der Waals surface area contributed by atoms with Crippen LogP contribution in [-0.2, 0) is 5.41 Å². The normalized spacial score (nSPS) is 13.3. The second-order valence-electron chi connectivity index (χ2n) is 11.8. The van der Waals surface area contributed by atoms with Crippen LogP contribution in [-0.4, -0.2) is 0 Å². The Balaban J connectivity index is 1.44. The quantitative estimate of drug-likeness (QED) is 0.220. The largest absolute Gasteiger partial charge is 0.456 e. The highest BCUT2D eigenvalue weighted by Crippen LogP contribution is 2.58. The monoisotopic (exact) mass is 541 g/mol. The molecular weight excluding hydrogens is 510 g/mol. The summed E-state index contributed by atoms with van der Waals surface area (Å²) in [6, 6.07) is 47.8. The molecule has 0 N–H and O–H groups in total. The lowest BCUT2D eigenvalue weighted by atomic mass is 9.80. The van der Waals surface area contributed by atoms with Crippen LogP contribution in [0.4, 0.5) is 17.1 Å². The molecule has 202 valence electrons. The molecule has 2 heteroatoms. The summed E-state index contributed by atoms with van der Waals surface area (Å²) in [4.78, 5) is 2.39. The van der Waals surface area contributed by atoms with Crippen molar-refractivity contribution in [3.8, 4) is 22.3 Å². The maximum absolute atomic E-state index is 6.60. The molecular formula is C40H31NO. The van der Waals surface area contributed by atoms with Crippen molar-refractivity contribution in [2.75, 3.05) is 4.90 Å². The molecule has 6 aromatic carbocycles. The van der Waals surface area contributed by atoms with E-state index in [1.165, 1.54) is 49.7 Å². The Bertz CT molecular complexity index is 2120. The molecule has 0 bridgehead atoms. The average molecular weight is 542 g/mol. The minimum atomic E-state index is -0.191. The Hall–Kier alpha value is -5.08. The van der Waals surface area contributed by atoms with Crippen LogP contribution in [0.5, 0.6) is 0 Å². The van der Waals surface area contributed by atoms with Gasteiger partial charge in [0, 0.05) is 39.2 Å². The zero-order chi connectivity index (χ0) is 28.4. The number of nitrogens with zero attached hydrogens (tertiary/aromatic N) is 1. The van der Waals surface area contributed by atoms with Gasteiger partial charge in [0.15, 0.2) is 0 Å². The molecule has 1 aliphatic rings. The molecule has 1 aliphatic carbocycles. The first-order valence-corrected chi connectivity index (χ1v) is 14.6. The Kier molecular flexibility index (Phi) is 5.42. The van der Waals surface area contributed by atoms with Crippen LogP contribution in [0, 0.1) is 6.92 Å². The number of aryl methyl sites for hydroxylation is 1. The smallest absolute Gasteiger partial charge is 0.137 e. The molecule has 7 aromatic rings. The maximum Gasteiger partial charge on any atom is 0.137 e. The van der Waals surface area contributed by atoms with E-state index in [-0.39, 0.29) is 5.41 Å². The van der Waals surface area contributed by atoms with Crippen molar-refractivity contribution < 1.29 is 4.42 Å². The third-order valence-electron chi connectivity index (χ3n) is 8.98. The molecule has 0 spiro atoms. The van der Waals surface area contributed by atoms with Crippen LogP contribution < -0.4 is 4.90 Å². The lowest BCUT2D eigenvalue weighted by Gasteiger charge is -2.29. The number of anilines is 3. The number of rotatable bonds is 4. The van der Waals surface area contributed by atoms with Crippen molar-refractivity contribution >= 4 is 39.0 Å². The van der Waals surface area contributed by atoms with E-state index in [0.717, 1.165) is 28.2 Å². The molecule has 0 fully saturated rings. The molecule has 42 heavy (non-hydrogen) atoms. The van der Waals surface area contributed by atoms with Gasteiger partial charge in [0.2, 0.25) is 0 Å². The Morgan fingerprint density at radius 1 is 0.595 bits per heavy atom. The van der Waals surface area contributed by atoms with Gasteiger partial charge in [0.25, 0.3) is 0 Å². The minimum absolute atomic E-state index is 0.191. The first-order valence-electron chi connectivity index (χ1n) is 14.6. The van der Waals surface area contributed by atoms with E-state index in [1.807, 2.05) is 0 Å². The fraction of sp³-hybridized carbons (Fsp3) is 0.100. The summed E-state index contributed by atoms with van der Waals surface area (Å²) in [5.41, 5.74) is 14.0. The molecule has 1 aromatic heterocycles. The second-order valence-corrected chi connectivity index (χ2v) is 11.8. The summed E-state index contributed by atoms with van der Waals surface area (Å²) >= 11 is 0. The van der Waals surface area contributed by atoms with Crippen LogP contribution in [0.15, 0.2) is 138 Å². The van der Waals surface area contributed by atoms with Crippen molar-refractivity contribution in [3.05, 3.63) is 150 Å². The summed E-state index contributed by atoms with van der Waals surface area (Å²) in [6.07, 6.45) is 0. The lowest BCUT2D eigenvalue weighted by molar-refractivity contribution is 0.657. The van der Waals surface area contributed by atoms with Gasteiger partial charge < -0.3 is 9.32 Å². The molecule has 1 heterocycles. The van der Waals surface area contributed by atoms with E-state index in [0.29, 0.717) is 0 Å². The molecule has 2 nitrogen and oxygen atoms in total. The van der Waals surface area contributed by atoms with E-state index in [2.05, 4.69) is 159 Å². The van der Waals surface area contributed by atoms with Crippen molar-refractivity contribution in [1.82, 2.24) is 0 Å². The molecule has 0 unspecified atom stereocenters. The second kappa shape index (κ2) is 9.22. The van der Waals surface area contributed by atoms with Crippen LogP contribution in [0.25, 0.3) is 44.2 Å². The third-order valence-corrected chi connectivity index (χ3v) is 8.98. The van der Waals surface area contributed by atoms with Crippen LogP contribution in [0.2, 0.25) is 0 Å². The molecule has 8 rings (SSSR count). The van der Waals surface area contributed by atoms with Crippen LogP contribution in [0.1, 0.15) is 30.5 Å². The predicted molar refractivity (Wildman–Crippen MR) is 176 cm³/mol.